The lowest BCUT2D eigenvalue weighted by Gasteiger charge is -2.26. The molecule has 4 rings (SSSR count). The maximum Gasteiger partial charge on any atom is 0.305 e. The number of nitrogens with zero attached hydrogens (tertiary/aromatic N) is 2. The Bertz CT molecular complexity index is 927. The van der Waals surface area contributed by atoms with Crippen molar-refractivity contribution in [2.75, 3.05) is 13.2 Å². The van der Waals surface area contributed by atoms with E-state index in [0.717, 1.165) is 23.2 Å². The molecule has 2 aliphatic rings. The van der Waals surface area contributed by atoms with Crippen LogP contribution in [0.5, 0.6) is 0 Å². The van der Waals surface area contributed by atoms with Gasteiger partial charge in [-0.05, 0) is 44.2 Å². The van der Waals surface area contributed by atoms with Crippen LogP contribution >= 0.6 is 0 Å². The van der Waals surface area contributed by atoms with E-state index in [-0.39, 0.29) is 18.7 Å². The van der Waals surface area contributed by atoms with Gasteiger partial charge in [-0.15, -0.1) is 0 Å². The fourth-order valence-electron chi connectivity index (χ4n) is 4.18. The molecule has 2 aromatic rings. The first-order valence-corrected chi connectivity index (χ1v) is 9.38. The lowest BCUT2D eigenvalue weighted by atomic mass is 9.94. The van der Waals surface area contributed by atoms with Crippen molar-refractivity contribution in [1.82, 2.24) is 15.1 Å². The third kappa shape index (κ3) is 3.17. The molecule has 1 aliphatic carbocycles. The van der Waals surface area contributed by atoms with Crippen LogP contribution < -0.4 is 5.32 Å². The van der Waals surface area contributed by atoms with Crippen molar-refractivity contribution in [1.29, 1.82) is 0 Å². The molecule has 1 aromatic carbocycles. The number of carboxylic acids is 1. The largest absolute Gasteiger partial charge is 0.481 e. The van der Waals surface area contributed by atoms with Crippen LogP contribution in [0.1, 0.15) is 46.6 Å². The quantitative estimate of drug-likeness (QED) is 0.820. The van der Waals surface area contributed by atoms with E-state index in [4.69, 9.17) is 4.74 Å². The molecule has 0 saturated carbocycles. The summed E-state index contributed by atoms with van der Waals surface area (Å²) in [6.07, 6.45) is 2.49. The minimum absolute atomic E-state index is 0.153. The van der Waals surface area contributed by atoms with Gasteiger partial charge in [0.25, 0.3) is 5.91 Å². The van der Waals surface area contributed by atoms with Crippen LogP contribution in [0.4, 0.5) is 4.39 Å². The SMILES string of the molecule is Cc1cccc(F)c1-n1nc(C(=O)NC2(CC(=O)O)CCOC2)c2c1CCC2. The number of carbonyl (C=O) groups is 2. The zero-order chi connectivity index (χ0) is 19.9. The number of nitrogens with one attached hydrogen (secondary N) is 1. The third-order valence-electron chi connectivity index (χ3n) is 5.52. The van der Waals surface area contributed by atoms with E-state index in [1.165, 1.54) is 10.7 Å². The predicted molar refractivity (Wildman–Crippen MR) is 98.2 cm³/mol. The number of ether oxygens (including phenoxy) is 1. The maximum atomic E-state index is 14.5. The monoisotopic (exact) mass is 387 g/mol. The Balaban J connectivity index is 1.71. The average Bonchev–Trinajstić information content (AvgIpc) is 3.32. The van der Waals surface area contributed by atoms with Crippen molar-refractivity contribution in [3.05, 3.63) is 46.5 Å². The standard InChI is InChI=1S/C20H22FN3O4/c1-12-4-2-6-14(21)18(12)24-15-7-3-5-13(15)17(23-24)19(27)22-20(10-16(25)26)8-9-28-11-20/h2,4,6H,3,5,7-11H2,1H3,(H,22,27)(H,25,26). The van der Waals surface area contributed by atoms with Gasteiger partial charge in [-0.25, -0.2) is 9.07 Å². The Morgan fingerprint density at radius 1 is 1.39 bits per heavy atom. The number of amides is 1. The third-order valence-corrected chi connectivity index (χ3v) is 5.52. The Labute approximate surface area is 161 Å². The van der Waals surface area contributed by atoms with Crippen molar-refractivity contribution in [2.24, 2.45) is 0 Å². The first kappa shape index (κ1) is 18.6. The molecule has 7 nitrogen and oxygen atoms in total. The van der Waals surface area contributed by atoms with Gasteiger partial charge in [0.1, 0.15) is 11.5 Å². The highest BCUT2D eigenvalue weighted by Crippen LogP contribution is 2.31. The highest BCUT2D eigenvalue weighted by Gasteiger charge is 2.40. The van der Waals surface area contributed by atoms with E-state index in [2.05, 4.69) is 10.4 Å². The first-order chi connectivity index (χ1) is 13.4. The molecule has 2 N–H and O–H groups in total. The smallest absolute Gasteiger partial charge is 0.305 e. The topological polar surface area (TPSA) is 93.5 Å². The van der Waals surface area contributed by atoms with Gasteiger partial charge in [0.15, 0.2) is 5.69 Å². The van der Waals surface area contributed by atoms with Crippen LogP contribution in [0.15, 0.2) is 18.2 Å². The Hall–Kier alpha value is -2.74. The van der Waals surface area contributed by atoms with Gasteiger partial charge < -0.3 is 15.2 Å². The zero-order valence-electron chi connectivity index (χ0n) is 15.6. The van der Waals surface area contributed by atoms with Crippen LogP contribution in [0.3, 0.4) is 0 Å². The number of para-hydroxylation sites is 1. The van der Waals surface area contributed by atoms with Gasteiger partial charge in [-0.1, -0.05) is 12.1 Å². The molecule has 1 atom stereocenters. The summed E-state index contributed by atoms with van der Waals surface area (Å²) in [6.45, 7) is 2.35. The number of hydrogen-bond acceptors (Lipinski definition) is 4. The zero-order valence-corrected chi connectivity index (χ0v) is 15.6. The molecule has 2 heterocycles. The van der Waals surface area contributed by atoms with Crippen molar-refractivity contribution >= 4 is 11.9 Å². The second-order valence-corrected chi connectivity index (χ2v) is 7.55. The van der Waals surface area contributed by atoms with E-state index in [1.807, 2.05) is 0 Å². The molecule has 0 bridgehead atoms. The summed E-state index contributed by atoms with van der Waals surface area (Å²) in [5.41, 5.74) is 2.04. The van der Waals surface area contributed by atoms with E-state index >= 15 is 0 Å². The van der Waals surface area contributed by atoms with Gasteiger partial charge in [-0.2, -0.15) is 5.10 Å². The van der Waals surface area contributed by atoms with E-state index in [1.54, 1.807) is 19.1 Å². The van der Waals surface area contributed by atoms with Crippen molar-refractivity contribution < 1.29 is 23.8 Å². The van der Waals surface area contributed by atoms with Crippen LogP contribution in [-0.4, -0.2) is 45.5 Å². The van der Waals surface area contributed by atoms with Crippen molar-refractivity contribution in [3.8, 4) is 5.69 Å². The fraction of sp³-hybridized carbons (Fsp3) is 0.450. The predicted octanol–water partition coefficient (Wildman–Crippen LogP) is 2.17. The van der Waals surface area contributed by atoms with Gasteiger partial charge in [0.05, 0.1) is 18.6 Å². The number of hydrogen-bond donors (Lipinski definition) is 2. The summed E-state index contributed by atoms with van der Waals surface area (Å²) in [5.74, 6) is -1.82. The summed E-state index contributed by atoms with van der Waals surface area (Å²) in [4.78, 5) is 24.3. The molecule has 1 aliphatic heterocycles. The summed E-state index contributed by atoms with van der Waals surface area (Å²) in [5, 5.41) is 16.5. The number of fused-ring (bicyclic) bond motifs is 1. The summed E-state index contributed by atoms with van der Waals surface area (Å²) >= 11 is 0. The number of aryl methyl sites for hydroxylation is 1. The number of carbonyl (C=O) groups excluding carboxylic acids is 1. The summed E-state index contributed by atoms with van der Waals surface area (Å²) < 4.78 is 21.4. The minimum atomic E-state index is -0.997. The number of aliphatic carboxylic acids is 1. The lowest BCUT2D eigenvalue weighted by Crippen LogP contribution is -2.50. The summed E-state index contributed by atoms with van der Waals surface area (Å²) in [7, 11) is 0. The highest BCUT2D eigenvalue weighted by atomic mass is 19.1. The second-order valence-electron chi connectivity index (χ2n) is 7.55. The van der Waals surface area contributed by atoms with Gasteiger partial charge in [0, 0.05) is 17.9 Å². The average molecular weight is 387 g/mol. The van der Waals surface area contributed by atoms with Crippen LogP contribution in [0.25, 0.3) is 5.69 Å². The number of aromatic nitrogens is 2. The molecule has 1 fully saturated rings. The van der Waals surface area contributed by atoms with Crippen LogP contribution in [-0.2, 0) is 22.4 Å². The highest BCUT2D eigenvalue weighted by molar-refractivity contribution is 5.95. The lowest BCUT2D eigenvalue weighted by molar-refractivity contribution is -0.138. The maximum absolute atomic E-state index is 14.5. The molecule has 0 radical (unpaired) electrons. The normalized spacial score (nSPS) is 20.9. The molecule has 8 heteroatoms. The Morgan fingerprint density at radius 3 is 2.89 bits per heavy atom. The van der Waals surface area contributed by atoms with Crippen LogP contribution in [0, 0.1) is 12.7 Å². The van der Waals surface area contributed by atoms with Gasteiger partial charge in [-0.3, -0.25) is 9.59 Å². The molecule has 1 saturated heterocycles. The number of carboxylic acid groups (broad SMARTS) is 1. The summed E-state index contributed by atoms with van der Waals surface area (Å²) in [6, 6.07) is 4.82. The van der Waals surface area contributed by atoms with E-state index < -0.39 is 23.2 Å². The number of halogens is 1. The Kier molecular flexibility index (Phi) is 4.66. The fourth-order valence-corrected chi connectivity index (χ4v) is 4.18. The second kappa shape index (κ2) is 7.01. The molecule has 148 valence electrons. The molecule has 28 heavy (non-hydrogen) atoms. The minimum Gasteiger partial charge on any atom is -0.481 e. The molecular weight excluding hydrogens is 365 g/mol. The van der Waals surface area contributed by atoms with Gasteiger partial charge >= 0.3 is 5.97 Å². The molecular formula is C20H22FN3O4. The van der Waals surface area contributed by atoms with E-state index in [0.29, 0.717) is 31.6 Å². The molecule has 1 unspecified atom stereocenters. The Morgan fingerprint density at radius 2 is 2.21 bits per heavy atom. The first-order valence-electron chi connectivity index (χ1n) is 9.38. The van der Waals surface area contributed by atoms with Crippen molar-refractivity contribution in [2.45, 2.75) is 44.6 Å². The molecule has 1 amide bonds. The number of rotatable bonds is 5. The molecule has 0 spiro atoms. The number of benzene rings is 1. The van der Waals surface area contributed by atoms with Crippen molar-refractivity contribution in [3.63, 3.8) is 0 Å². The van der Waals surface area contributed by atoms with E-state index in [9.17, 15) is 19.1 Å². The molecule has 1 aromatic heterocycles. The van der Waals surface area contributed by atoms with Gasteiger partial charge in [0.2, 0.25) is 0 Å². The van der Waals surface area contributed by atoms with Crippen LogP contribution in [0.2, 0.25) is 0 Å².